The number of aromatic nitrogens is 2. The molecule has 6 nitrogen and oxygen atoms in total. The monoisotopic (exact) mass is 366 g/mol. The molecule has 27 heavy (non-hydrogen) atoms. The van der Waals surface area contributed by atoms with Gasteiger partial charge in [-0.25, -0.2) is 14.4 Å². The van der Waals surface area contributed by atoms with Crippen LogP contribution in [0.3, 0.4) is 0 Å². The standard InChI is InChI=1S/C20H19FN4O2/c1-12-8-9-18(27-3)16(10-12)24-20-22-13(2)11-17(25-20)19(26)23-15-7-5-4-6-14(15)21/h4-11H,1-3H3,(H,23,26)(H,22,24,25). The quantitative estimate of drug-likeness (QED) is 0.706. The van der Waals surface area contributed by atoms with E-state index in [0.29, 0.717) is 17.1 Å². The van der Waals surface area contributed by atoms with E-state index in [9.17, 15) is 9.18 Å². The summed E-state index contributed by atoms with van der Waals surface area (Å²) < 4.78 is 19.1. The molecule has 0 saturated heterocycles. The second kappa shape index (κ2) is 7.82. The van der Waals surface area contributed by atoms with E-state index in [1.807, 2.05) is 25.1 Å². The van der Waals surface area contributed by atoms with E-state index in [-0.39, 0.29) is 17.3 Å². The minimum Gasteiger partial charge on any atom is -0.495 e. The fourth-order valence-electron chi connectivity index (χ4n) is 2.53. The lowest BCUT2D eigenvalue weighted by atomic mass is 10.2. The van der Waals surface area contributed by atoms with Crippen molar-refractivity contribution in [2.24, 2.45) is 0 Å². The molecule has 0 spiro atoms. The predicted octanol–water partition coefficient (Wildman–Crippen LogP) is 4.24. The SMILES string of the molecule is COc1ccc(C)cc1Nc1nc(C)cc(C(=O)Nc2ccccc2F)n1. The lowest BCUT2D eigenvalue weighted by molar-refractivity contribution is 0.102. The summed E-state index contributed by atoms with van der Waals surface area (Å²) in [6.07, 6.45) is 0. The summed E-state index contributed by atoms with van der Waals surface area (Å²) in [5.41, 5.74) is 2.53. The Morgan fingerprint density at radius 2 is 1.81 bits per heavy atom. The van der Waals surface area contributed by atoms with Crippen molar-refractivity contribution in [3.63, 3.8) is 0 Å². The van der Waals surface area contributed by atoms with E-state index in [0.717, 1.165) is 5.56 Å². The van der Waals surface area contributed by atoms with Gasteiger partial charge in [-0.15, -0.1) is 0 Å². The van der Waals surface area contributed by atoms with Crippen molar-refractivity contribution in [2.45, 2.75) is 13.8 Å². The Morgan fingerprint density at radius 1 is 1.04 bits per heavy atom. The molecule has 2 aromatic carbocycles. The number of methoxy groups -OCH3 is 1. The number of ether oxygens (including phenoxy) is 1. The molecule has 138 valence electrons. The number of hydrogen-bond acceptors (Lipinski definition) is 5. The maximum absolute atomic E-state index is 13.8. The maximum atomic E-state index is 13.8. The highest BCUT2D eigenvalue weighted by atomic mass is 19.1. The second-order valence-corrected chi connectivity index (χ2v) is 5.98. The molecule has 0 fully saturated rings. The highest BCUT2D eigenvalue weighted by Crippen LogP contribution is 2.27. The summed E-state index contributed by atoms with van der Waals surface area (Å²) >= 11 is 0. The minimum atomic E-state index is -0.523. The fraction of sp³-hybridized carbons (Fsp3) is 0.150. The molecule has 0 bridgehead atoms. The van der Waals surface area contributed by atoms with Crippen LogP contribution < -0.4 is 15.4 Å². The van der Waals surface area contributed by atoms with E-state index >= 15 is 0 Å². The highest BCUT2D eigenvalue weighted by Gasteiger charge is 2.14. The largest absolute Gasteiger partial charge is 0.495 e. The van der Waals surface area contributed by atoms with Crippen LogP contribution in [0.2, 0.25) is 0 Å². The molecule has 0 aliphatic carbocycles. The van der Waals surface area contributed by atoms with Gasteiger partial charge in [0.05, 0.1) is 18.5 Å². The van der Waals surface area contributed by atoms with Crippen LogP contribution in [0.5, 0.6) is 5.75 Å². The van der Waals surface area contributed by atoms with Crippen molar-refractivity contribution in [1.29, 1.82) is 0 Å². The van der Waals surface area contributed by atoms with Crippen LogP contribution in [0, 0.1) is 19.7 Å². The Bertz CT molecular complexity index is 991. The van der Waals surface area contributed by atoms with Gasteiger partial charge in [-0.05, 0) is 49.7 Å². The first-order valence-electron chi connectivity index (χ1n) is 8.29. The third-order valence-corrected chi connectivity index (χ3v) is 3.81. The van der Waals surface area contributed by atoms with Crippen LogP contribution in [-0.4, -0.2) is 23.0 Å². The molecular weight excluding hydrogens is 347 g/mol. The molecule has 0 aliphatic heterocycles. The van der Waals surface area contributed by atoms with Crippen LogP contribution in [0.1, 0.15) is 21.7 Å². The van der Waals surface area contributed by atoms with Crippen LogP contribution in [0.25, 0.3) is 0 Å². The van der Waals surface area contributed by atoms with Gasteiger partial charge in [-0.2, -0.15) is 0 Å². The number of nitrogens with one attached hydrogen (secondary N) is 2. The third-order valence-electron chi connectivity index (χ3n) is 3.81. The Labute approximate surface area is 156 Å². The molecule has 0 atom stereocenters. The number of benzene rings is 2. The van der Waals surface area contributed by atoms with E-state index in [1.165, 1.54) is 18.2 Å². The number of hydrogen-bond donors (Lipinski definition) is 2. The molecule has 1 aromatic heterocycles. The zero-order valence-corrected chi connectivity index (χ0v) is 15.2. The van der Waals surface area contributed by atoms with E-state index < -0.39 is 11.7 Å². The van der Waals surface area contributed by atoms with E-state index in [1.54, 1.807) is 26.2 Å². The van der Waals surface area contributed by atoms with Gasteiger partial charge in [0.2, 0.25) is 5.95 Å². The molecular formula is C20H19FN4O2. The summed E-state index contributed by atoms with van der Waals surface area (Å²) in [5.74, 6) is -0.162. The van der Waals surface area contributed by atoms with Gasteiger partial charge in [-0.3, -0.25) is 4.79 Å². The number of rotatable bonds is 5. The number of para-hydroxylation sites is 1. The summed E-state index contributed by atoms with van der Waals surface area (Å²) in [7, 11) is 1.57. The smallest absolute Gasteiger partial charge is 0.274 e. The molecule has 0 aliphatic rings. The molecule has 3 rings (SSSR count). The van der Waals surface area contributed by atoms with Gasteiger partial charge in [0.1, 0.15) is 17.3 Å². The zero-order valence-electron chi connectivity index (χ0n) is 15.2. The van der Waals surface area contributed by atoms with Gasteiger partial charge >= 0.3 is 0 Å². The first kappa shape index (κ1) is 18.3. The van der Waals surface area contributed by atoms with Crippen molar-refractivity contribution in [1.82, 2.24) is 9.97 Å². The number of carbonyl (C=O) groups excluding carboxylic acids is 1. The van der Waals surface area contributed by atoms with Crippen LogP contribution in [0.4, 0.5) is 21.7 Å². The summed E-state index contributed by atoms with van der Waals surface area (Å²) in [5, 5.41) is 5.59. The van der Waals surface area contributed by atoms with Crippen LogP contribution >= 0.6 is 0 Å². The Morgan fingerprint density at radius 3 is 2.56 bits per heavy atom. The molecule has 0 saturated carbocycles. The van der Waals surface area contributed by atoms with Gasteiger partial charge in [0.15, 0.2) is 0 Å². The van der Waals surface area contributed by atoms with Crippen molar-refractivity contribution < 1.29 is 13.9 Å². The molecule has 1 amide bonds. The molecule has 0 unspecified atom stereocenters. The van der Waals surface area contributed by atoms with Crippen molar-refractivity contribution in [3.8, 4) is 5.75 Å². The van der Waals surface area contributed by atoms with Gasteiger partial charge < -0.3 is 15.4 Å². The third kappa shape index (κ3) is 4.38. The Kier molecular flexibility index (Phi) is 5.30. The highest BCUT2D eigenvalue weighted by molar-refractivity contribution is 6.03. The molecule has 1 heterocycles. The topological polar surface area (TPSA) is 76.1 Å². The van der Waals surface area contributed by atoms with E-state index in [2.05, 4.69) is 20.6 Å². The average Bonchev–Trinajstić information content (AvgIpc) is 2.63. The van der Waals surface area contributed by atoms with Crippen LogP contribution in [0.15, 0.2) is 48.5 Å². The lowest BCUT2D eigenvalue weighted by Crippen LogP contribution is -2.16. The van der Waals surface area contributed by atoms with Crippen molar-refractivity contribution in [3.05, 3.63) is 71.3 Å². The van der Waals surface area contributed by atoms with Gasteiger partial charge in [0, 0.05) is 5.69 Å². The maximum Gasteiger partial charge on any atom is 0.274 e. The fourth-order valence-corrected chi connectivity index (χ4v) is 2.53. The predicted molar refractivity (Wildman–Crippen MR) is 102 cm³/mol. The van der Waals surface area contributed by atoms with E-state index in [4.69, 9.17) is 4.74 Å². The summed E-state index contributed by atoms with van der Waals surface area (Å²) in [6, 6.07) is 13.1. The number of nitrogens with zero attached hydrogens (tertiary/aromatic N) is 2. The Hall–Kier alpha value is -3.48. The van der Waals surface area contributed by atoms with Crippen LogP contribution in [-0.2, 0) is 0 Å². The second-order valence-electron chi connectivity index (χ2n) is 5.98. The minimum absolute atomic E-state index is 0.0913. The molecule has 3 aromatic rings. The van der Waals surface area contributed by atoms with Crippen molar-refractivity contribution in [2.75, 3.05) is 17.7 Å². The normalized spacial score (nSPS) is 10.4. The number of anilines is 3. The average molecular weight is 366 g/mol. The van der Waals surface area contributed by atoms with Gasteiger partial charge in [-0.1, -0.05) is 18.2 Å². The number of carbonyl (C=O) groups is 1. The van der Waals surface area contributed by atoms with Crippen molar-refractivity contribution >= 4 is 23.2 Å². The number of amides is 1. The molecule has 2 N–H and O–H groups in total. The zero-order chi connectivity index (χ0) is 19.4. The summed E-state index contributed by atoms with van der Waals surface area (Å²) in [4.78, 5) is 21.0. The lowest BCUT2D eigenvalue weighted by Gasteiger charge is -2.12. The number of aryl methyl sites for hydroxylation is 2. The molecule has 0 radical (unpaired) electrons. The molecule has 7 heteroatoms. The first-order valence-corrected chi connectivity index (χ1v) is 8.29. The Balaban J connectivity index is 1.87. The van der Waals surface area contributed by atoms with Gasteiger partial charge in [0.25, 0.3) is 5.91 Å². The first-order chi connectivity index (χ1) is 13.0. The summed E-state index contributed by atoms with van der Waals surface area (Å²) in [6.45, 7) is 3.70. The number of halogens is 1.